The lowest BCUT2D eigenvalue weighted by atomic mass is 10.3. The van der Waals surface area contributed by atoms with Gasteiger partial charge in [0.1, 0.15) is 0 Å². The van der Waals surface area contributed by atoms with Crippen LogP contribution in [-0.2, 0) is 10.0 Å². The molecule has 0 unspecified atom stereocenters. The maximum Gasteiger partial charge on any atom is 0.264 e. The topological polar surface area (TPSA) is 98.0 Å². The van der Waals surface area contributed by atoms with E-state index in [0.29, 0.717) is 17.1 Å². The number of hydrogen-bond donors (Lipinski definition) is 2. The van der Waals surface area contributed by atoms with Crippen LogP contribution in [0.1, 0.15) is 11.4 Å². The van der Waals surface area contributed by atoms with Gasteiger partial charge in [0.15, 0.2) is 0 Å². The molecule has 1 aromatic heterocycles. The number of sulfonamides is 1. The molecule has 1 heterocycles. The first-order valence-corrected chi connectivity index (χ1v) is 7.06. The number of nitrogens with zero attached hydrogens (tertiary/aromatic N) is 2. The maximum absolute atomic E-state index is 12.1. The average molecular weight is 278 g/mol. The summed E-state index contributed by atoms with van der Waals surface area (Å²) < 4.78 is 26.6. The number of aryl methyl sites for hydroxylation is 2. The molecule has 19 heavy (non-hydrogen) atoms. The van der Waals surface area contributed by atoms with Crippen molar-refractivity contribution in [3.63, 3.8) is 0 Å². The predicted octanol–water partition coefficient (Wildman–Crippen LogP) is 1.48. The predicted molar refractivity (Wildman–Crippen MR) is 73.2 cm³/mol. The second-order valence-corrected chi connectivity index (χ2v) is 5.83. The number of rotatable bonds is 3. The Kier molecular flexibility index (Phi) is 3.39. The molecular formula is C12H14N4O2S. The summed E-state index contributed by atoms with van der Waals surface area (Å²) in [5.74, 6) is 0.0555. The largest absolute Gasteiger partial charge is 0.399 e. The summed E-state index contributed by atoms with van der Waals surface area (Å²) in [6.07, 6.45) is 0. The van der Waals surface area contributed by atoms with Crippen LogP contribution in [0.25, 0.3) is 0 Å². The van der Waals surface area contributed by atoms with Crippen LogP contribution >= 0.6 is 0 Å². The van der Waals surface area contributed by atoms with Gasteiger partial charge < -0.3 is 5.73 Å². The molecule has 3 N–H and O–H groups in total. The summed E-state index contributed by atoms with van der Waals surface area (Å²) in [5.41, 5.74) is 7.34. The third kappa shape index (κ3) is 3.19. The Hall–Kier alpha value is -2.15. The lowest BCUT2D eigenvalue weighted by molar-refractivity contribution is 0.601. The highest BCUT2D eigenvalue weighted by molar-refractivity contribution is 7.92. The molecule has 100 valence electrons. The van der Waals surface area contributed by atoms with Gasteiger partial charge in [0.25, 0.3) is 10.0 Å². The zero-order valence-electron chi connectivity index (χ0n) is 10.6. The second kappa shape index (κ2) is 4.85. The van der Waals surface area contributed by atoms with Gasteiger partial charge in [0.2, 0.25) is 5.95 Å². The molecule has 6 nitrogen and oxygen atoms in total. The molecule has 0 aliphatic rings. The minimum absolute atomic E-state index is 0.0555. The van der Waals surface area contributed by atoms with Crippen LogP contribution in [0.4, 0.5) is 11.6 Å². The summed E-state index contributed by atoms with van der Waals surface area (Å²) >= 11 is 0. The van der Waals surface area contributed by atoms with Gasteiger partial charge in [-0.1, -0.05) is 6.07 Å². The molecule has 7 heteroatoms. The van der Waals surface area contributed by atoms with Crippen LogP contribution in [0.2, 0.25) is 0 Å². The minimum Gasteiger partial charge on any atom is -0.399 e. The summed E-state index contributed by atoms with van der Waals surface area (Å²) in [5, 5.41) is 0. The van der Waals surface area contributed by atoms with Crippen molar-refractivity contribution in [2.24, 2.45) is 0 Å². The van der Waals surface area contributed by atoms with E-state index in [0.717, 1.165) is 0 Å². The van der Waals surface area contributed by atoms with Crippen LogP contribution in [0.5, 0.6) is 0 Å². The molecule has 1 aromatic carbocycles. The Labute approximate surface area is 111 Å². The minimum atomic E-state index is -3.72. The van der Waals surface area contributed by atoms with E-state index in [2.05, 4.69) is 14.7 Å². The van der Waals surface area contributed by atoms with E-state index < -0.39 is 10.0 Å². The monoisotopic (exact) mass is 278 g/mol. The first kappa shape index (κ1) is 13.3. The average Bonchev–Trinajstić information content (AvgIpc) is 2.26. The van der Waals surface area contributed by atoms with E-state index in [1.165, 1.54) is 12.1 Å². The van der Waals surface area contributed by atoms with Crippen LogP contribution in [0.3, 0.4) is 0 Å². The zero-order chi connectivity index (χ0) is 14.0. The Morgan fingerprint density at radius 2 is 1.74 bits per heavy atom. The smallest absolute Gasteiger partial charge is 0.264 e. The molecule has 0 fully saturated rings. The molecule has 2 rings (SSSR count). The fourth-order valence-electron chi connectivity index (χ4n) is 1.63. The van der Waals surface area contributed by atoms with Gasteiger partial charge >= 0.3 is 0 Å². The van der Waals surface area contributed by atoms with Crippen molar-refractivity contribution in [2.45, 2.75) is 18.7 Å². The number of nitrogen functional groups attached to an aromatic ring is 1. The second-order valence-electron chi connectivity index (χ2n) is 4.15. The number of anilines is 2. The lowest BCUT2D eigenvalue weighted by Gasteiger charge is -2.08. The third-order valence-electron chi connectivity index (χ3n) is 2.38. The number of benzene rings is 1. The normalized spacial score (nSPS) is 11.3. The summed E-state index contributed by atoms with van der Waals surface area (Å²) in [4.78, 5) is 8.15. The van der Waals surface area contributed by atoms with Crippen molar-refractivity contribution in [3.05, 3.63) is 41.7 Å². The molecule has 0 saturated carbocycles. The molecule has 0 saturated heterocycles. The van der Waals surface area contributed by atoms with Crippen LogP contribution in [0.15, 0.2) is 35.2 Å². The summed E-state index contributed by atoms with van der Waals surface area (Å²) in [6, 6.07) is 7.79. The number of nitrogens with two attached hydrogens (primary N) is 1. The van der Waals surface area contributed by atoms with Gasteiger partial charge in [0, 0.05) is 17.1 Å². The molecule has 0 bridgehead atoms. The van der Waals surface area contributed by atoms with Crippen molar-refractivity contribution in [2.75, 3.05) is 10.5 Å². The molecule has 0 radical (unpaired) electrons. The van der Waals surface area contributed by atoms with Gasteiger partial charge in [-0.15, -0.1) is 0 Å². The van der Waals surface area contributed by atoms with Crippen molar-refractivity contribution < 1.29 is 8.42 Å². The Morgan fingerprint density at radius 1 is 1.11 bits per heavy atom. The standard InChI is InChI=1S/C12H14N4O2S/c1-8-6-9(2)15-12(14-8)16-19(17,18)11-5-3-4-10(13)7-11/h3-7H,13H2,1-2H3,(H,14,15,16). The van der Waals surface area contributed by atoms with E-state index in [1.807, 2.05) is 0 Å². The first-order valence-electron chi connectivity index (χ1n) is 5.57. The highest BCUT2D eigenvalue weighted by atomic mass is 32.2. The van der Waals surface area contributed by atoms with Gasteiger partial charge in [-0.3, -0.25) is 0 Å². The number of aromatic nitrogens is 2. The van der Waals surface area contributed by atoms with Gasteiger partial charge in [-0.2, -0.15) is 0 Å². The van der Waals surface area contributed by atoms with E-state index in [4.69, 9.17) is 5.73 Å². The molecular weight excluding hydrogens is 264 g/mol. The highest BCUT2D eigenvalue weighted by Crippen LogP contribution is 2.16. The van der Waals surface area contributed by atoms with Crippen molar-refractivity contribution in [3.8, 4) is 0 Å². The molecule has 0 atom stereocenters. The van der Waals surface area contributed by atoms with Crippen LogP contribution in [-0.4, -0.2) is 18.4 Å². The van der Waals surface area contributed by atoms with E-state index >= 15 is 0 Å². The third-order valence-corrected chi connectivity index (χ3v) is 3.70. The first-order chi connectivity index (χ1) is 8.87. The zero-order valence-corrected chi connectivity index (χ0v) is 11.4. The Bertz CT molecular complexity index is 693. The van der Waals surface area contributed by atoms with Crippen LogP contribution in [0, 0.1) is 13.8 Å². The van der Waals surface area contributed by atoms with E-state index in [-0.39, 0.29) is 10.8 Å². The quantitative estimate of drug-likeness (QED) is 0.829. The highest BCUT2D eigenvalue weighted by Gasteiger charge is 2.16. The summed E-state index contributed by atoms with van der Waals surface area (Å²) in [6.45, 7) is 3.54. The fraction of sp³-hybridized carbons (Fsp3) is 0.167. The number of hydrogen-bond acceptors (Lipinski definition) is 5. The van der Waals surface area contributed by atoms with Gasteiger partial charge in [0.05, 0.1) is 4.90 Å². The molecule has 0 spiro atoms. The van der Waals surface area contributed by atoms with Crippen molar-refractivity contribution >= 4 is 21.7 Å². The molecule has 2 aromatic rings. The van der Waals surface area contributed by atoms with Crippen LogP contribution < -0.4 is 10.5 Å². The van der Waals surface area contributed by atoms with E-state index in [1.54, 1.807) is 32.0 Å². The molecule has 0 amide bonds. The SMILES string of the molecule is Cc1cc(C)nc(NS(=O)(=O)c2cccc(N)c2)n1. The van der Waals surface area contributed by atoms with Gasteiger partial charge in [-0.05, 0) is 38.1 Å². The lowest BCUT2D eigenvalue weighted by Crippen LogP contribution is -2.15. The van der Waals surface area contributed by atoms with Gasteiger partial charge in [-0.25, -0.2) is 23.1 Å². The summed E-state index contributed by atoms with van der Waals surface area (Å²) in [7, 11) is -3.72. The Morgan fingerprint density at radius 3 is 2.32 bits per heavy atom. The van der Waals surface area contributed by atoms with Crippen molar-refractivity contribution in [1.82, 2.24) is 9.97 Å². The number of nitrogens with one attached hydrogen (secondary N) is 1. The molecule has 0 aliphatic heterocycles. The Balaban J connectivity index is 2.36. The molecule has 0 aliphatic carbocycles. The fourth-order valence-corrected chi connectivity index (χ4v) is 2.63. The van der Waals surface area contributed by atoms with E-state index in [9.17, 15) is 8.42 Å². The van der Waals surface area contributed by atoms with Crippen molar-refractivity contribution in [1.29, 1.82) is 0 Å². The maximum atomic E-state index is 12.1.